The predicted octanol–water partition coefficient (Wildman–Crippen LogP) is 13.3. The number of hydrogen-bond donors (Lipinski definition) is 1. The van der Waals surface area contributed by atoms with Crippen LogP contribution < -0.4 is 10.2 Å². The second-order valence-electron chi connectivity index (χ2n) is 18.6. The third kappa shape index (κ3) is 5.64. The largest absolute Gasteiger partial charge is 0.456 e. The van der Waals surface area contributed by atoms with E-state index in [1.54, 1.807) is 0 Å². The maximum Gasteiger partial charge on any atom is 0.159 e. The van der Waals surface area contributed by atoms with Gasteiger partial charge in [0.25, 0.3) is 0 Å². The molecule has 5 heteroatoms. The van der Waals surface area contributed by atoms with Crippen LogP contribution in [0, 0.1) is 5.92 Å². The lowest BCUT2D eigenvalue weighted by Crippen LogP contribution is -2.46. The van der Waals surface area contributed by atoms with Crippen molar-refractivity contribution in [2.24, 2.45) is 15.9 Å². The smallest absolute Gasteiger partial charge is 0.159 e. The molecule has 0 saturated carbocycles. The molecule has 0 spiro atoms. The Kier molecular flexibility index (Phi) is 7.83. The average Bonchev–Trinajstić information content (AvgIpc) is 3.90. The topological polar surface area (TPSA) is 53.1 Å². The summed E-state index contributed by atoms with van der Waals surface area (Å²) < 4.78 is 6.85. The molecule has 3 aliphatic carbocycles. The molecule has 0 bridgehead atoms. The zero-order valence-corrected chi connectivity index (χ0v) is 36.0. The number of aryl methyl sites for hydroxylation is 2. The normalized spacial score (nSPS) is 21.6. The minimum atomic E-state index is -0.866. The number of benzene rings is 8. The molecule has 4 atom stereocenters. The van der Waals surface area contributed by atoms with Crippen molar-refractivity contribution in [1.82, 2.24) is 5.32 Å². The molecule has 9 aromatic rings. The van der Waals surface area contributed by atoms with Gasteiger partial charge in [-0.1, -0.05) is 158 Å². The van der Waals surface area contributed by atoms with Crippen LogP contribution in [-0.4, -0.2) is 23.8 Å². The average molecular weight is 837 g/mol. The molecular formula is C60H44N4O. The van der Waals surface area contributed by atoms with Gasteiger partial charge < -0.3 is 14.6 Å². The molecule has 3 unspecified atom stereocenters. The minimum absolute atomic E-state index is 0.165. The Morgan fingerprint density at radius 2 is 1.40 bits per heavy atom. The van der Waals surface area contributed by atoms with E-state index in [-0.39, 0.29) is 18.0 Å². The molecule has 0 radical (unpaired) electrons. The predicted molar refractivity (Wildman–Crippen MR) is 268 cm³/mol. The third-order valence-electron chi connectivity index (χ3n) is 14.9. The maximum atomic E-state index is 6.85. The van der Waals surface area contributed by atoms with Gasteiger partial charge in [0, 0.05) is 39.6 Å². The van der Waals surface area contributed by atoms with Gasteiger partial charge in [0.05, 0.1) is 12.1 Å². The van der Waals surface area contributed by atoms with Crippen molar-refractivity contribution in [3.63, 3.8) is 0 Å². The first-order valence-electron chi connectivity index (χ1n) is 23.0. The van der Waals surface area contributed by atoms with E-state index in [2.05, 4.69) is 205 Å². The van der Waals surface area contributed by atoms with Crippen molar-refractivity contribution in [2.75, 3.05) is 4.90 Å². The number of aliphatic imine (C=N–C) groups is 2. The van der Waals surface area contributed by atoms with E-state index in [1.165, 1.54) is 60.5 Å². The van der Waals surface area contributed by atoms with Crippen LogP contribution >= 0.6 is 0 Å². The molecular weight excluding hydrogens is 793 g/mol. The Hall–Kier alpha value is -7.76. The third-order valence-corrected chi connectivity index (χ3v) is 14.9. The monoisotopic (exact) mass is 836 g/mol. The van der Waals surface area contributed by atoms with Crippen LogP contribution in [0.2, 0.25) is 0 Å². The summed E-state index contributed by atoms with van der Waals surface area (Å²) >= 11 is 0. The lowest BCUT2D eigenvalue weighted by molar-refractivity contribution is 0.455. The van der Waals surface area contributed by atoms with E-state index in [0.717, 1.165) is 69.4 Å². The molecule has 0 amide bonds. The highest BCUT2D eigenvalue weighted by molar-refractivity contribution is 6.23. The van der Waals surface area contributed by atoms with Crippen LogP contribution in [0.5, 0.6) is 0 Å². The summed E-state index contributed by atoms with van der Waals surface area (Å²) in [6.07, 6.45) is 14.6. The Morgan fingerprint density at radius 3 is 2.35 bits per heavy atom. The maximum absolute atomic E-state index is 6.85. The van der Waals surface area contributed by atoms with Crippen molar-refractivity contribution in [2.45, 2.75) is 43.9 Å². The minimum Gasteiger partial charge on any atom is -0.456 e. The summed E-state index contributed by atoms with van der Waals surface area (Å²) in [6, 6.07) is 57.9. The number of rotatable bonds is 4. The summed E-state index contributed by atoms with van der Waals surface area (Å²) in [4.78, 5) is 13.9. The molecule has 5 aliphatic rings. The number of fused-ring (bicyclic) bond motifs is 13. The van der Waals surface area contributed by atoms with E-state index in [1.807, 2.05) is 0 Å². The molecule has 1 aromatic heterocycles. The van der Waals surface area contributed by atoms with Crippen LogP contribution in [0.15, 0.2) is 202 Å². The van der Waals surface area contributed by atoms with Gasteiger partial charge in [-0.05, 0) is 117 Å². The number of nitrogens with one attached hydrogen (secondary N) is 1. The van der Waals surface area contributed by atoms with Gasteiger partial charge in [-0.15, -0.1) is 0 Å². The van der Waals surface area contributed by atoms with Crippen LogP contribution in [0.3, 0.4) is 0 Å². The van der Waals surface area contributed by atoms with Crippen LogP contribution in [0.4, 0.5) is 5.69 Å². The number of furan rings is 1. The molecule has 5 nitrogen and oxygen atoms in total. The van der Waals surface area contributed by atoms with Crippen molar-refractivity contribution >= 4 is 66.9 Å². The molecule has 1 N–H and O–H groups in total. The zero-order chi connectivity index (χ0) is 42.8. The number of para-hydroxylation sites is 1. The molecule has 65 heavy (non-hydrogen) atoms. The Bertz CT molecular complexity index is 3680. The fourth-order valence-electron chi connectivity index (χ4n) is 11.8. The number of nitrogens with zero attached hydrogens (tertiary/aromatic N) is 3. The van der Waals surface area contributed by atoms with Gasteiger partial charge in [-0.2, -0.15) is 0 Å². The highest BCUT2D eigenvalue weighted by atomic mass is 16.3. The number of hydrogen-bond acceptors (Lipinski definition) is 5. The fraction of sp³-hybridized carbons (Fsp3) is 0.133. The molecule has 3 heterocycles. The first-order valence-corrected chi connectivity index (χ1v) is 23.0. The molecule has 2 aliphatic heterocycles. The van der Waals surface area contributed by atoms with E-state index in [4.69, 9.17) is 14.4 Å². The number of allylic oxidation sites excluding steroid dienone is 2. The second kappa shape index (κ2) is 13.9. The van der Waals surface area contributed by atoms with Crippen molar-refractivity contribution in [3.8, 4) is 11.1 Å². The lowest BCUT2D eigenvalue weighted by atomic mass is 9.83. The second-order valence-corrected chi connectivity index (χ2v) is 18.6. The van der Waals surface area contributed by atoms with Gasteiger partial charge >= 0.3 is 0 Å². The van der Waals surface area contributed by atoms with Crippen molar-refractivity contribution < 1.29 is 4.42 Å². The van der Waals surface area contributed by atoms with Gasteiger partial charge in [-0.3, -0.25) is 0 Å². The van der Waals surface area contributed by atoms with Crippen LogP contribution in [0.1, 0.15) is 45.9 Å². The molecule has 14 rings (SSSR count). The van der Waals surface area contributed by atoms with Crippen LogP contribution in [0.25, 0.3) is 60.7 Å². The summed E-state index contributed by atoms with van der Waals surface area (Å²) in [5.41, 5.74) is 14.6. The van der Waals surface area contributed by atoms with Gasteiger partial charge in [0.2, 0.25) is 0 Å². The highest BCUT2D eigenvalue weighted by Gasteiger charge is 2.45. The molecule has 8 aromatic carbocycles. The number of amidine groups is 2. The van der Waals surface area contributed by atoms with E-state index >= 15 is 0 Å². The lowest BCUT2D eigenvalue weighted by Gasteiger charge is -2.35. The Balaban J connectivity index is 0.975. The SMILES string of the molecule is CC1(c2ccc3c(ccc4ccccc43)c2)N=C(c2ccc3c(c2)CCc2ccccc2-3)N=C(c2cc(N3C4Cc5ccccc5C=C4C4C=CC=C[C@@H]43)cc3oc4ccccc4c23)N1. The van der Waals surface area contributed by atoms with Crippen molar-refractivity contribution in [1.29, 1.82) is 0 Å². The Labute approximate surface area is 377 Å². The van der Waals surface area contributed by atoms with E-state index in [0.29, 0.717) is 5.84 Å². The van der Waals surface area contributed by atoms with Gasteiger partial charge in [0.1, 0.15) is 17.0 Å². The van der Waals surface area contributed by atoms with Gasteiger partial charge in [0.15, 0.2) is 11.5 Å². The molecule has 1 saturated heterocycles. The molecule has 310 valence electrons. The summed E-state index contributed by atoms with van der Waals surface area (Å²) in [5.74, 6) is 1.77. The van der Waals surface area contributed by atoms with Crippen molar-refractivity contribution in [3.05, 3.63) is 227 Å². The van der Waals surface area contributed by atoms with E-state index in [9.17, 15) is 0 Å². The molecule has 1 fully saturated rings. The zero-order valence-electron chi connectivity index (χ0n) is 36.0. The summed E-state index contributed by atoms with van der Waals surface area (Å²) in [7, 11) is 0. The number of anilines is 1. The summed E-state index contributed by atoms with van der Waals surface area (Å²) in [5, 5.41) is 11.0. The quantitative estimate of drug-likeness (QED) is 0.180. The standard InChI is InChI=1S/C60H44N4O/c1-60(43-27-29-48-41(31-43)25-23-37-13-5-7-17-46(37)48)62-58(42-26-28-47-40(30-42)24-22-36-12-4-6-16-45(36)47)61-59(63-60)52-34-44(35-56-57(52)50-19-9-11-21-55(50)65-56)64-53-20-10-8-18-49(53)51-32-38-14-2-3-15-39(38)33-54(51)64/h2-21,23,25-32,34-35,49,53-54H,22,24,33H2,1H3,(H,61,62,63)/t49?,53-,54?,60?/m0/s1. The first-order chi connectivity index (χ1) is 32.0. The Morgan fingerprint density at radius 1 is 0.631 bits per heavy atom. The summed E-state index contributed by atoms with van der Waals surface area (Å²) in [6.45, 7) is 2.20. The first kappa shape index (κ1) is 36.7. The van der Waals surface area contributed by atoms with Gasteiger partial charge in [-0.25, -0.2) is 9.98 Å². The van der Waals surface area contributed by atoms with E-state index < -0.39 is 5.66 Å². The highest BCUT2D eigenvalue weighted by Crippen LogP contribution is 2.48. The van der Waals surface area contributed by atoms with Crippen LogP contribution in [-0.2, 0) is 24.9 Å². The fourth-order valence-corrected chi connectivity index (χ4v) is 11.8.